The first kappa shape index (κ1) is 15.9. The number of halogens is 1. The third-order valence-corrected chi connectivity index (χ3v) is 2.60. The van der Waals surface area contributed by atoms with E-state index in [4.69, 9.17) is 5.73 Å². The zero-order valence-electron chi connectivity index (χ0n) is 11.9. The molecule has 6 heteroatoms. The van der Waals surface area contributed by atoms with Crippen molar-refractivity contribution in [2.45, 2.75) is 13.8 Å². The summed E-state index contributed by atoms with van der Waals surface area (Å²) in [5, 5.41) is 2.71. The summed E-state index contributed by atoms with van der Waals surface area (Å²) < 4.78 is 13.2. The number of carbonyl (C=O) groups is 2. The Bertz CT molecular complexity index is 483. The van der Waals surface area contributed by atoms with E-state index in [0.717, 1.165) is 12.1 Å². The van der Waals surface area contributed by atoms with Gasteiger partial charge in [0.25, 0.3) is 5.91 Å². The summed E-state index contributed by atoms with van der Waals surface area (Å²) in [5.74, 6) is -0.941. The predicted octanol–water partition coefficient (Wildman–Crippen LogP) is 1.25. The van der Waals surface area contributed by atoms with Crippen molar-refractivity contribution in [3.63, 3.8) is 0 Å². The van der Waals surface area contributed by atoms with Crippen molar-refractivity contribution in [2.24, 2.45) is 5.92 Å². The van der Waals surface area contributed by atoms with Gasteiger partial charge >= 0.3 is 0 Å². The Labute approximate surface area is 117 Å². The first-order valence-corrected chi connectivity index (χ1v) is 6.38. The zero-order valence-corrected chi connectivity index (χ0v) is 11.9. The number of benzene rings is 1. The van der Waals surface area contributed by atoms with Gasteiger partial charge in [-0.05, 0) is 24.1 Å². The van der Waals surface area contributed by atoms with Crippen molar-refractivity contribution in [3.8, 4) is 0 Å². The third-order valence-electron chi connectivity index (χ3n) is 2.60. The summed E-state index contributed by atoms with van der Waals surface area (Å²) in [6.07, 6.45) is 0. The maximum atomic E-state index is 13.2. The molecule has 0 bridgehead atoms. The highest BCUT2D eigenvalue weighted by Crippen LogP contribution is 2.12. The predicted molar refractivity (Wildman–Crippen MR) is 75.6 cm³/mol. The molecular weight excluding hydrogens is 261 g/mol. The minimum absolute atomic E-state index is 0.0814. The van der Waals surface area contributed by atoms with Crippen LogP contribution in [-0.4, -0.2) is 36.9 Å². The number of amides is 2. The molecule has 0 radical (unpaired) electrons. The van der Waals surface area contributed by atoms with Gasteiger partial charge in [-0.1, -0.05) is 13.8 Å². The van der Waals surface area contributed by atoms with Gasteiger partial charge in [0.05, 0.1) is 6.54 Å². The van der Waals surface area contributed by atoms with Crippen LogP contribution >= 0.6 is 0 Å². The molecule has 0 saturated carbocycles. The minimum atomic E-state index is -0.578. The van der Waals surface area contributed by atoms with E-state index in [9.17, 15) is 14.0 Å². The second-order valence-corrected chi connectivity index (χ2v) is 5.13. The highest BCUT2D eigenvalue weighted by molar-refractivity contribution is 5.97. The lowest BCUT2D eigenvalue weighted by atomic mass is 10.1. The van der Waals surface area contributed by atoms with Crippen molar-refractivity contribution < 1.29 is 14.0 Å². The average Bonchev–Trinajstić information content (AvgIpc) is 2.34. The molecule has 1 aromatic carbocycles. The van der Waals surface area contributed by atoms with Crippen LogP contribution in [0, 0.1) is 11.7 Å². The van der Waals surface area contributed by atoms with Gasteiger partial charge in [-0.15, -0.1) is 0 Å². The Morgan fingerprint density at radius 1 is 1.35 bits per heavy atom. The van der Waals surface area contributed by atoms with Gasteiger partial charge < -0.3 is 16.0 Å². The molecule has 0 unspecified atom stereocenters. The van der Waals surface area contributed by atoms with Gasteiger partial charge in [0, 0.05) is 24.8 Å². The molecule has 0 aromatic heterocycles. The third kappa shape index (κ3) is 4.87. The molecule has 110 valence electrons. The summed E-state index contributed by atoms with van der Waals surface area (Å²) in [6, 6.07) is 3.61. The lowest BCUT2D eigenvalue weighted by Gasteiger charge is -2.17. The standard InChI is InChI=1S/C14H20FN3O2/c1-9(2)7-17-13(19)8-18(3)14(20)10-4-11(15)6-12(16)5-10/h4-6,9H,7-8,16H2,1-3H3,(H,17,19). The summed E-state index contributed by atoms with van der Waals surface area (Å²) in [7, 11) is 1.48. The van der Waals surface area contributed by atoms with Gasteiger partial charge in [-0.25, -0.2) is 4.39 Å². The fourth-order valence-corrected chi connectivity index (χ4v) is 1.62. The lowest BCUT2D eigenvalue weighted by Crippen LogP contribution is -2.39. The van der Waals surface area contributed by atoms with Crippen molar-refractivity contribution in [2.75, 3.05) is 25.9 Å². The summed E-state index contributed by atoms with van der Waals surface area (Å²) in [6.45, 7) is 4.42. The number of nitrogen functional groups attached to an aromatic ring is 1. The van der Waals surface area contributed by atoms with Crippen molar-refractivity contribution in [1.82, 2.24) is 10.2 Å². The Morgan fingerprint density at radius 2 is 2.00 bits per heavy atom. The summed E-state index contributed by atoms with van der Waals surface area (Å²) in [4.78, 5) is 24.9. The van der Waals surface area contributed by atoms with Crippen LogP contribution in [0.1, 0.15) is 24.2 Å². The van der Waals surface area contributed by atoms with Crippen molar-refractivity contribution in [3.05, 3.63) is 29.6 Å². The number of anilines is 1. The molecule has 0 aliphatic heterocycles. The van der Waals surface area contributed by atoms with Crippen LogP contribution in [0.3, 0.4) is 0 Å². The number of rotatable bonds is 5. The van der Waals surface area contributed by atoms with Crippen molar-refractivity contribution in [1.29, 1.82) is 0 Å². The monoisotopic (exact) mass is 281 g/mol. The molecule has 3 N–H and O–H groups in total. The largest absolute Gasteiger partial charge is 0.399 e. The molecule has 20 heavy (non-hydrogen) atoms. The van der Waals surface area contributed by atoms with E-state index in [1.807, 2.05) is 13.8 Å². The second kappa shape index (κ2) is 6.88. The van der Waals surface area contributed by atoms with Crippen LogP contribution in [-0.2, 0) is 4.79 Å². The number of carbonyl (C=O) groups excluding carboxylic acids is 2. The number of likely N-dealkylation sites (N-methyl/N-ethyl adjacent to an activating group) is 1. The van der Waals surface area contributed by atoms with Gasteiger partial charge in [0.2, 0.25) is 5.91 Å². The molecule has 0 atom stereocenters. The van der Waals surface area contributed by atoms with E-state index >= 15 is 0 Å². The average molecular weight is 281 g/mol. The normalized spacial score (nSPS) is 10.4. The Kier molecular flexibility index (Phi) is 5.49. The number of hydrogen-bond donors (Lipinski definition) is 2. The van der Waals surface area contributed by atoms with E-state index in [0.29, 0.717) is 12.5 Å². The SMILES string of the molecule is CC(C)CNC(=O)CN(C)C(=O)c1cc(N)cc(F)c1. The first-order chi connectivity index (χ1) is 9.29. The van der Waals surface area contributed by atoms with Crippen LogP contribution in [0.25, 0.3) is 0 Å². The van der Waals surface area contributed by atoms with Gasteiger partial charge in [-0.3, -0.25) is 9.59 Å². The maximum Gasteiger partial charge on any atom is 0.254 e. The number of nitrogens with zero attached hydrogens (tertiary/aromatic N) is 1. The van der Waals surface area contributed by atoms with E-state index in [-0.39, 0.29) is 23.7 Å². The number of nitrogens with two attached hydrogens (primary N) is 1. The van der Waals surface area contributed by atoms with Crippen LogP contribution in [0.4, 0.5) is 10.1 Å². The fourth-order valence-electron chi connectivity index (χ4n) is 1.62. The smallest absolute Gasteiger partial charge is 0.254 e. The molecule has 0 heterocycles. The highest BCUT2D eigenvalue weighted by Gasteiger charge is 2.16. The minimum Gasteiger partial charge on any atom is -0.399 e. The zero-order chi connectivity index (χ0) is 15.3. The molecule has 0 aliphatic carbocycles. The van der Waals surface area contributed by atoms with Crippen molar-refractivity contribution >= 4 is 17.5 Å². The highest BCUT2D eigenvalue weighted by atomic mass is 19.1. The van der Waals surface area contributed by atoms with E-state index in [1.54, 1.807) is 0 Å². The quantitative estimate of drug-likeness (QED) is 0.798. The molecule has 5 nitrogen and oxygen atoms in total. The van der Waals surface area contributed by atoms with Gasteiger partial charge in [0.1, 0.15) is 5.82 Å². The molecule has 2 amide bonds. The Balaban J connectivity index is 2.64. The summed E-state index contributed by atoms with van der Waals surface area (Å²) >= 11 is 0. The molecule has 0 fully saturated rings. The molecule has 0 aliphatic rings. The van der Waals surface area contributed by atoms with E-state index < -0.39 is 11.7 Å². The molecule has 0 saturated heterocycles. The molecular formula is C14H20FN3O2. The number of hydrogen-bond acceptors (Lipinski definition) is 3. The molecule has 1 aromatic rings. The van der Waals surface area contributed by atoms with E-state index in [2.05, 4.69) is 5.32 Å². The van der Waals surface area contributed by atoms with Gasteiger partial charge in [-0.2, -0.15) is 0 Å². The van der Waals surface area contributed by atoms with E-state index in [1.165, 1.54) is 18.0 Å². The van der Waals surface area contributed by atoms with Crippen LogP contribution in [0.15, 0.2) is 18.2 Å². The number of nitrogens with one attached hydrogen (secondary N) is 1. The van der Waals surface area contributed by atoms with Gasteiger partial charge in [0.15, 0.2) is 0 Å². The molecule has 1 rings (SSSR count). The first-order valence-electron chi connectivity index (χ1n) is 6.38. The Hall–Kier alpha value is -2.11. The van der Waals surface area contributed by atoms with Crippen LogP contribution in [0.2, 0.25) is 0 Å². The maximum absolute atomic E-state index is 13.2. The lowest BCUT2D eigenvalue weighted by molar-refractivity contribution is -0.121. The van der Waals surface area contributed by atoms with Crippen LogP contribution in [0.5, 0.6) is 0 Å². The topological polar surface area (TPSA) is 75.4 Å². The Morgan fingerprint density at radius 3 is 2.55 bits per heavy atom. The fraction of sp³-hybridized carbons (Fsp3) is 0.429. The molecule has 0 spiro atoms. The summed E-state index contributed by atoms with van der Waals surface area (Å²) in [5.41, 5.74) is 5.79. The van der Waals surface area contributed by atoms with Crippen LogP contribution < -0.4 is 11.1 Å². The second-order valence-electron chi connectivity index (χ2n) is 5.13.